The zero-order valence-corrected chi connectivity index (χ0v) is 21.2. The van der Waals surface area contributed by atoms with E-state index in [2.05, 4.69) is 5.32 Å². The second-order valence-electron chi connectivity index (χ2n) is 7.99. The number of rotatable bonds is 12. The molecule has 35 heavy (non-hydrogen) atoms. The first-order valence-corrected chi connectivity index (χ1v) is 13.0. The molecule has 0 saturated carbocycles. The molecule has 0 aliphatic rings. The summed E-state index contributed by atoms with van der Waals surface area (Å²) in [4.78, 5) is 12.9. The van der Waals surface area contributed by atoms with Crippen molar-refractivity contribution in [3.8, 4) is 11.5 Å². The van der Waals surface area contributed by atoms with Crippen LogP contribution in [-0.4, -0.2) is 41.6 Å². The Kier molecular flexibility index (Phi) is 9.14. The number of sulfonamides is 1. The fourth-order valence-electron chi connectivity index (χ4n) is 3.68. The third kappa shape index (κ3) is 6.76. The SMILES string of the molecule is CCc1ccc(N(CC(=O)NCCCc2ccc(OC)c(OC)c2)S(=O)(=O)c2ccccc2)cc1. The molecule has 0 saturated heterocycles. The Hall–Kier alpha value is -3.52. The van der Waals surface area contributed by atoms with Gasteiger partial charge in [-0.3, -0.25) is 9.10 Å². The predicted octanol–water partition coefficient (Wildman–Crippen LogP) is 4.21. The number of carbonyl (C=O) groups is 1. The Morgan fingerprint density at radius 2 is 1.54 bits per heavy atom. The highest BCUT2D eigenvalue weighted by molar-refractivity contribution is 7.92. The summed E-state index contributed by atoms with van der Waals surface area (Å²) >= 11 is 0. The predicted molar refractivity (Wildman–Crippen MR) is 138 cm³/mol. The number of benzene rings is 3. The van der Waals surface area contributed by atoms with Gasteiger partial charge in [-0.25, -0.2) is 8.42 Å². The lowest BCUT2D eigenvalue weighted by atomic mass is 10.1. The average molecular weight is 497 g/mol. The molecule has 3 aromatic rings. The van der Waals surface area contributed by atoms with Gasteiger partial charge in [0.1, 0.15) is 6.54 Å². The van der Waals surface area contributed by atoms with Gasteiger partial charge in [0.25, 0.3) is 10.0 Å². The molecule has 3 aromatic carbocycles. The molecular weight excluding hydrogens is 464 g/mol. The molecule has 0 spiro atoms. The number of nitrogens with one attached hydrogen (secondary N) is 1. The molecule has 186 valence electrons. The highest BCUT2D eigenvalue weighted by Gasteiger charge is 2.27. The van der Waals surface area contributed by atoms with Gasteiger partial charge in [0.2, 0.25) is 5.91 Å². The van der Waals surface area contributed by atoms with Crippen molar-refractivity contribution < 1.29 is 22.7 Å². The van der Waals surface area contributed by atoms with E-state index in [0.29, 0.717) is 30.2 Å². The van der Waals surface area contributed by atoms with Gasteiger partial charge in [0.05, 0.1) is 24.8 Å². The molecule has 0 aliphatic heterocycles. The smallest absolute Gasteiger partial charge is 0.264 e. The van der Waals surface area contributed by atoms with E-state index in [9.17, 15) is 13.2 Å². The number of hydrogen-bond donors (Lipinski definition) is 1. The van der Waals surface area contributed by atoms with Crippen LogP contribution in [0.5, 0.6) is 11.5 Å². The normalized spacial score (nSPS) is 11.1. The number of amides is 1. The van der Waals surface area contributed by atoms with E-state index < -0.39 is 10.0 Å². The molecule has 7 nitrogen and oxygen atoms in total. The minimum atomic E-state index is -3.91. The lowest BCUT2D eigenvalue weighted by molar-refractivity contribution is -0.119. The Balaban J connectivity index is 1.66. The third-order valence-electron chi connectivity index (χ3n) is 5.66. The topological polar surface area (TPSA) is 84.9 Å². The molecule has 0 unspecified atom stereocenters. The molecule has 0 aliphatic carbocycles. The largest absolute Gasteiger partial charge is 0.493 e. The molecule has 3 rings (SSSR count). The summed E-state index contributed by atoms with van der Waals surface area (Å²) < 4.78 is 38.5. The summed E-state index contributed by atoms with van der Waals surface area (Å²) in [7, 11) is -0.730. The standard InChI is InChI=1S/C27H32N2O5S/c1-4-21-12-15-23(16-13-21)29(35(31,32)24-10-6-5-7-11-24)20-27(30)28-18-8-9-22-14-17-25(33-2)26(19-22)34-3/h5-7,10-17,19H,4,8-9,18,20H2,1-3H3,(H,28,30). The van der Waals surface area contributed by atoms with E-state index in [1.54, 1.807) is 44.6 Å². The summed E-state index contributed by atoms with van der Waals surface area (Å²) in [6.45, 7) is 2.14. The van der Waals surface area contributed by atoms with E-state index in [0.717, 1.165) is 28.3 Å². The molecule has 0 bridgehead atoms. The molecule has 1 N–H and O–H groups in total. The van der Waals surface area contributed by atoms with Crippen molar-refractivity contribution in [1.29, 1.82) is 0 Å². The highest BCUT2D eigenvalue weighted by atomic mass is 32.2. The van der Waals surface area contributed by atoms with Crippen molar-refractivity contribution >= 4 is 21.6 Å². The van der Waals surface area contributed by atoms with Gasteiger partial charge >= 0.3 is 0 Å². The van der Waals surface area contributed by atoms with Crippen LogP contribution >= 0.6 is 0 Å². The van der Waals surface area contributed by atoms with Crippen molar-refractivity contribution in [2.75, 3.05) is 31.6 Å². The van der Waals surface area contributed by atoms with Crippen molar-refractivity contribution in [3.63, 3.8) is 0 Å². The third-order valence-corrected chi connectivity index (χ3v) is 7.45. The number of nitrogens with zero attached hydrogens (tertiary/aromatic N) is 1. The van der Waals surface area contributed by atoms with E-state index in [1.807, 2.05) is 37.3 Å². The fourth-order valence-corrected chi connectivity index (χ4v) is 5.12. The van der Waals surface area contributed by atoms with E-state index >= 15 is 0 Å². The van der Waals surface area contributed by atoms with Gasteiger partial charge in [-0.15, -0.1) is 0 Å². The number of aryl methyl sites for hydroxylation is 2. The zero-order chi connectivity index (χ0) is 25.3. The summed E-state index contributed by atoms with van der Waals surface area (Å²) in [6.07, 6.45) is 2.26. The monoisotopic (exact) mass is 496 g/mol. The van der Waals surface area contributed by atoms with Crippen LogP contribution in [0.3, 0.4) is 0 Å². The van der Waals surface area contributed by atoms with Crippen molar-refractivity contribution in [2.24, 2.45) is 0 Å². The maximum Gasteiger partial charge on any atom is 0.264 e. The molecule has 8 heteroatoms. The maximum absolute atomic E-state index is 13.4. The first-order chi connectivity index (χ1) is 16.9. The van der Waals surface area contributed by atoms with Crippen molar-refractivity contribution in [2.45, 2.75) is 31.1 Å². The van der Waals surface area contributed by atoms with Gasteiger partial charge in [-0.1, -0.05) is 43.3 Å². The van der Waals surface area contributed by atoms with Crippen LogP contribution < -0.4 is 19.1 Å². The van der Waals surface area contributed by atoms with Gasteiger partial charge in [0.15, 0.2) is 11.5 Å². The number of carbonyl (C=O) groups excluding carboxylic acids is 1. The molecule has 0 atom stereocenters. The average Bonchev–Trinajstić information content (AvgIpc) is 2.90. The first kappa shape index (κ1) is 26.1. The lowest BCUT2D eigenvalue weighted by Crippen LogP contribution is -2.41. The van der Waals surface area contributed by atoms with Gasteiger partial charge in [-0.2, -0.15) is 0 Å². The van der Waals surface area contributed by atoms with Crippen LogP contribution in [0.15, 0.2) is 77.7 Å². The van der Waals surface area contributed by atoms with Crippen LogP contribution in [0.4, 0.5) is 5.69 Å². The number of anilines is 1. The second kappa shape index (κ2) is 12.3. The fraction of sp³-hybridized carbons (Fsp3) is 0.296. The molecule has 0 radical (unpaired) electrons. The molecule has 0 fully saturated rings. The van der Waals surface area contributed by atoms with Crippen LogP contribution in [0.25, 0.3) is 0 Å². The molecular formula is C27H32N2O5S. The Morgan fingerprint density at radius 3 is 2.17 bits per heavy atom. The first-order valence-electron chi connectivity index (χ1n) is 11.5. The van der Waals surface area contributed by atoms with E-state index in [-0.39, 0.29) is 17.3 Å². The Morgan fingerprint density at radius 1 is 0.886 bits per heavy atom. The number of hydrogen-bond acceptors (Lipinski definition) is 5. The van der Waals surface area contributed by atoms with Crippen LogP contribution in [0.1, 0.15) is 24.5 Å². The number of ether oxygens (including phenoxy) is 2. The van der Waals surface area contributed by atoms with Gasteiger partial charge < -0.3 is 14.8 Å². The quantitative estimate of drug-likeness (QED) is 0.380. The van der Waals surface area contributed by atoms with Crippen LogP contribution in [0, 0.1) is 0 Å². The van der Waals surface area contributed by atoms with E-state index in [4.69, 9.17) is 9.47 Å². The molecule has 1 amide bonds. The second-order valence-corrected chi connectivity index (χ2v) is 9.85. The van der Waals surface area contributed by atoms with Crippen molar-refractivity contribution in [1.82, 2.24) is 5.32 Å². The summed E-state index contributed by atoms with van der Waals surface area (Å²) in [5, 5.41) is 2.85. The van der Waals surface area contributed by atoms with E-state index in [1.165, 1.54) is 12.1 Å². The summed E-state index contributed by atoms with van der Waals surface area (Å²) in [6, 6.07) is 21.1. The molecule has 0 heterocycles. The van der Waals surface area contributed by atoms with Crippen LogP contribution in [0.2, 0.25) is 0 Å². The highest BCUT2D eigenvalue weighted by Crippen LogP contribution is 2.28. The minimum Gasteiger partial charge on any atom is -0.493 e. The number of methoxy groups -OCH3 is 2. The zero-order valence-electron chi connectivity index (χ0n) is 20.4. The summed E-state index contributed by atoms with van der Waals surface area (Å²) in [5.41, 5.74) is 2.60. The Bertz CT molecular complexity index is 1210. The minimum absolute atomic E-state index is 0.140. The van der Waals surface area contributed by atoms with Gasteiger partial charge in [-0.05, 0) is 66.8 Å². The lowest BCUT2D eigenvalue weighted by Gasteiger charge is -2.24. The molecule has 0 aromatic heterocycles. The Labute approximate surface area is 207 Å². The van der Waals surface area contributed by atoms with Crippen molar-refractivity contribution in [3.05, 3.63) is 83.9 Å². The van der Waals surface area contributed by atoms with Gasteiger partial charge in [0, 0.05) is 6.54 Å². The van der Waals surface area contributed by atoms with Crippen LogP contribution in [-0.2, 0) is 27.7 Å². The maximum atomic E-state index is 13.4. The summed E-state index contributed by atoms with van der Waals surface area (Å²) in [5.74, 6) is 0.956.